The van der Waals surface area contributed by atoms with Crippen LogP contribution in [0.25, 0.3) is 0 Å². The second-order valence-corrected chi connectivity index (χ2v) is 8.38. The standard InChI is InChI=1S/C27H32N10O2/c1-16-8-11-22(34-26(38)33-21-7-5-6-19(14-21)17(2)36-37-25(28)29)15-23(16)35-27(39)32-20-12-9-18(10-13-20)24(30-3)31-4/h5-15H,1-4H3,(H,30,31)(H4,28,29,37)(H2,32,35,39)(H2,33,34,38)/b36-17-. The molecule has 0 spiro atoms. The summed E-state index contributed by atoms with van der Waals surface area (Å²) in [6.45, 7) is 3.61. The summed E-state index contributed by atoms with van der Waals surface area (Å²) in [6.07, 6.45) is 0. The summed E-state index contributed by atoms with van der Waals surface area (Å²) in [6, 6.07) is 18.7. The molecule has 0 radical (unpaired) electrons. The Morgan fingerprint density at radius 1 is 0.744 bits per heavy atom. The number of hydrogen-bond acceptors (Lipinski definition) is 5. The van der Waals surface area contributed by atoms with Crippen molar-refractivity contribution in [2.24, 2.45) is 26.7 Å². The summed E-state index contributed by atoms with van der Waals surface area (Å²) in [5.74, 6) is 0.599. The quantitative estimate of drug-likeness (QED) is 0.139. The summed E-state index contributed by atoms with van der Waals surface area (Å²) in [7, 11) is 3.50. The highest BCUT2D eigenvalue weighted by Crippen LogP contribution is 2.21. The molecule has 12 heteroatoms. The third kappa shape index (κ3) is 8.32. The molecule has 3 aromatic carbocycles. The van der Waals surface area contributed by atoms with E-state index in [1.807, 2.05) is 25.1 Å². The zero-order chi connectivity index (χ0) is 28.4. The molecule has 12 nitrogen and oxygen atoms in total. The molecule has 3 rings (SSSR count). The molecule has 202 valence electrons. The largest absolute Gasteiger partial charge is 0.373 e. The first-order valence-corrected chi connectivity index (χ1v) is 11.9. The van der Waals surface area contributed by atoms with E-state index in [0.29, 0.717) is 28.5 Å². The van der Waals surface area contributed by atoms with Gasteiger partial charge >= 0.3 is 12.1 Å². The molecule has 0 fully saturated rings. The number of rotatable bonds is 7. The molecule has 0 aliphatic carbocycles. The number of nitrogens with two attached hydrogens (primary N) is 2. The maximum Gasteiger partial charge on any atom is 0.323 e. The monoisotopic (exact) mass is 528 g/mol. The van der Waals surface area contributed by atoms with Gasteiger partial charge in [-0.15, -0.1) is 5.10 Å². The Labute approximate surface area is 226 Å². The lowest BCUT2D eigenvalue weighted by molar-refractivity contribution is 0.261. The molecule has 0 atom stereocenters. The molecule has 39 heavy (non-hydrogen) atoms. The molecule has 0 bridgehead atoms. The van der Waals surface area contributed by atoms with E-state index in [4.69, 9.17) is 11.5 Å². The topological polar surface area (TPSA) is 183 Å². The Morgan fingerprint density at radius 3 is 2.00 bits per heavy atom. The van der Waals surface area contributed by atoms with Gasteiger partial charge in [0.1, 0.15) is 5.84 Å². The molecule has 0 heterocycles. The Bertz CT molecular complexity index is 1420. The van der Waals surface area contributed by atoms with Crippen molar-refractivity contribution in [1.29, 1.82) is 0 Å². The number of nitrogens with zero attached hydrogens (tertiary/aromatic N) is 3. The number of carbonyl (C=O) groups excluding carboxylic acids is 2. The maximum atomic E-state index is 12.6. The number of guanidine groups is 1. The van der Waals surface area contributed by atoms with Gasteiger partial charge in [-0.05, 0) is 73.5 Å². The van der Waals surface area contributed by atoms with Gasteiger partial charge in [-0.3, -0.25) is 4.99 Å². The minimum atomic E-state index is -0.457. The number of carbonyl (C=O) groups is 2. The zero-order valence-electron chi connectivity index (χ0n) is 22.2. The van der Waals surface area contributed by atoms with Crippen molar-refractivity contribution in [3.8, 4) is 0 Å². The molecule has 0 unspecified atom stereocenters. The number of benzene rings is 3. The van der Waals surface area contributed by atoms with Crippen LogP contribution in [0.5, 0.6) is 0 Å². The van der Waals surface area contributed by atoms with Crippen LogP contribution in [0.2, 0.25) is 0 Å². The molecule has 4 amide bonds. The first kappa shape index (κ1) is 28.2. The van der Waals surface area contributed by atoms with Crippen molar-refractivity contribution in [2.45, 2.75) is 13.8 Å². The van der Waals surface area contributed by atoms with Crippen LogP contribution >= 0.6 is 0 Å². The molecule has 0 aliphatic heterocycles. The number of anilines is 4. The van der Waals surface area contributed by atoms with E-state index >= 15 is 0 Å². The highest BCUT2D eigenvalue weighted by molar-refractivity contribution is 6.04. The van der Waals surface area contributed by atoms with Crippen molar-refractivity contribution in [3.63, 3.8) is 0 Å². The van der Waals surface area contributed by atoms with Crippen LogP contribution in [-0.4, -0.2) is 43.7 Å². The van der Waals surface area contributed by atoms with Gasteiger partial charge < -0.3 is 38.1 Å². The van der Waals surface area contributed by atoms with E-state index in [1.165, 1.54) is 0 Å². The Hall–Kier alpha value is -5.39. The molecular formula is C27H32N10O2. The lowest BCUT2D eigenvalue weighted by Crippen LogP contribution is -2.22. The van der Waals surface area contributed by atoms with Crippen molar-refractivity contribution >= 4 is 52.3 Å². The second-order valence-electron chi connectivity index (χ2n) is 8.38. The van der Waals surface area contributed by atoms with Crippen molar-refractivity contribution in [2.75, 3.05) is 35.4 Å². The van der Waals surface area contributed by atoms with Gasteiger partial charge in [0.2, 0.25) is 5.96 Å². The summed E-state index contributed by atoms with van der Waals surface area (Å²) in [4.78, 5) is 29.4. The van der Waals surface area contributed by atoms with Crippen LogP contribution in [0.1, 0.15) is 23.6 Å². The fourth-order valence-corrected chi connectivity index (χ4v) is 3.52. The maximum absolute atomic E-state index is 12.6. The fourth-order valence-electron chi connectivity index (χ4n) is 3.52. The normalized spacial score (nSPS) is 11.3. The Balaban J connectivity index is 1.63. The van der Waals surface area contributed by atoms with Crippen molar-refractivity contribution < 1.29 is 9.59 Å². The lowest BCUT2D eigenvalue weighted by atomic mass is 10.1. The molecule has 0 aliphatic rings. The average molecular weight is 529 g/mol. The smallest absolute Gasteiger partial charge is 0.323 e. The van der Waals surface area contributed by atoms with Crippen LogP contribution in [0, 0.1) is 6.92 Å². The van der Waals surface area contributed by atoms with Crippen LogP contribution < -0.4 is 38.1 Å². The van der Waals surface area contributed by atoms with E-state index < -0.39 is 12.1 Å². The van der Waals surface area contributed by atoms with Gasteiger partial charge in [0.15, 0.2) is 0 Å². The van der Waals surface area contributed by atoms with Gasteiger partial charge in [-0.25, -0.2) is 9.59 Å². The number of aryl methyl sites for hydroxylation is 1. The number of nitrogens with one attached hydrogen (secondary N) is 5. The summed E-state index contributed by atoms with van der Waals surface area (Å²) >= 11 is 0. The van der Waals surface area contributed by atoms with Gasteiger partial charge in [-0.2, -0.15) is 5.10 Å². The molecular weight excluding hydrogens is 496 g/mol. The van der Waals surface area contributed by atoms with Crippen molar-refractivity contribution in [3.05, 3.63) is 83.4 Å². The SMILES string of the molecule is CN=C(NC)c1ccc(NC(=O)Nc2cc(NC(=O)Nc3cccc(/C(C)=N\N=C(N)N)c3)ccc2C)cc1. The molecule has 0 saturated heterocycles. The van der Waals surface area contributed by atoms with Gasteiger partial charge in [-0.1, -0.05) is 18.2 Å². The minimum absolute atomic E-state index is 0.146. The van der Waals surface area contributed by atoms with Gasteiger partial charge in [0.05, 0.1) is 5.71 Å². The van der Waals surface area contributed by atoms with E-state index in [1.54, 1.807) is 69.6 Å². The third-order valence-electron chi connectivity index (χ3n) is 5.47. The Morgan fingerprint density at radius 2 is 1.36 bits per heavy atom. The van der Waals surface area contributed by atoms with E-state index in [9.17, 15) is 9.59 Å². The minimum Gasteiger partial charge on any atom is -0.373 e. The van der Waals surface area contributed by atoms with Crippen molar-refractivity contribution in [1.82, 2.24) is 5.32 Å². The van der Waals surface area contributed by atoms with Crippen LogP contribution in [0.4, 0.5) is 32.3 Å². The molecule has 9 N–H and O–H groups in total. The zero-order valence-corrected chi connectivity index (χ0v) is 22.2. The lowest BCUT2D eigenvalue weighted by Gasteiger charge is -2.13. The van der Waals surface area contributed by atoms with E-state index in [2.05, 4.69) is 41.8 Å². The van der Waals surface area contributed by atoms with E-state index in [0.717, 1.165) is 22.5 Å². The van der Waals surface area contributed by atoms with E-state index in [-0.39, 0.29) is 5.96 Å². The second kappa shape index (κ2) is 13.2. The predicted molar refractivity (Wildman–Crippen MR) is 159 cm³/mol. The van der Waals surface area contributed by atoms with Gasteiger partial charge in [0.25, 0.3) is 0 Å². The van der Waals surface area contributed by atoms with Gasteiger partial charge in [0, 0.05) is 42.4 Å². The number of amides is 4. The molecule has 3 aromatic rings. The number of aliphatic imine (C=N–C) groups is 1. The predicted octanol–water partition coefficient (Wildman–Crippen LogP) is 3.88. The summed E-state index contributed by atoms with van der Waals surface area (Å²) in [5.41, 5.74) is 15.9. The fraction of sp³-hybridized carbons (Fsp3) is 0.148. The summed E-state index contributed by atoms with van der Waals surface area (Å²) in [5, 5.41) is 21.8. The highest BCUT2D eigenvalue weighted by atomic mass is 16.2. The Kier molecular flexibility index (Phi) is 9.57. The highest BCUT2D eigenvalue weighted by Gasteiger charge is 2.10. The van der Waals surface area contributed by atoms with Crippen LogP contribution in [0.15, 0.2) is 81.9 Å². The van der Waals surface area contributed by atoms with Crippen LogP contribution in [-0.2, 0) is 0 Å². The molecule has 0 saturated carbocycles. The number of hydrogen-bond donors (Lipinski definition) is 7. The third-order valence-corrected chi connectivity index (χ3v) is 5.47. The molecule has 0 aromatic heterocycles. The summed E-state index contributed by atoms with van der Waals surface area (Å²) < 4.78 is 0. The first-order valence-electron chi connectivity index (χ1n) is 11.9. The number of urea groups is 2. The van der Waals surface area contributed by atoms with Crippen LogP contribution in [0.3, 0.4) is 0 Å². The average Bonchev–Trinajstić information content (AvgIpc) is 2.91. The number of amidine groups is 1. The first-order chi connectivity index (χ1) is 18.7.